The lowest BCUT2D eigenvalue weighted by molar-refractivity contribution is -0.125. The maximum absolute atomic E-state index is 13.2. The second-order valence-electron chi connectivity index (χ2n) is 6.74. The summed E-state index contributed by atoms with van der Waals surface area (Å²) in [5.41, 5.74) is 2.49. The van der Waals surface area contributed by atoms with Crippen molar-refractivity contribution in [1.29, 1.82) is 0 Å². The van der Waals surface area contributed by atoms with Gasteiger partial charge >= 0.3 is 0 Å². The number of ether oxygens (including phenoxy) is 1. The number of nitrogens with zero attached hydrogens (tertiary/aromatic N) is 3. The Morgan fingerprint density at radius 1 is 1.14 bits per heavy atom. The Morgan fingerprint density at radius 2 is 1.83 bits per heavy atom. The zero-order chi connectivity index (χ0) is 20.8. The average molecular weight is 394 g/mol. The van der Waals surface area contributed by atoms with Gasteiger partial charge in [-0.2, -0.15) is 0 Å². The highest BCUT2D eigenvalue weighted by atomic mass is 16.5. The van der Waals surface area contributed by atoms with Gasteiger partial charge in [0.15, 0.2) is 0 Å². The Labute approximate surface area is 170 Å². The number of imidazole rings is 1. The van der Waals surface area contributed by atoms with Crippen molar-refractivity contribution in [3.8, 4) is 0 Å². The van der Waals surface area contributed by atoms with E-state index in [9.17, 15) is 9.59 Å². The van der Waals surface area contributed by atoms with E-state index in [2.05, 4.69) is 10.3 Å². The molecule has 29 heavy (non-hydrogen) atoms. The van der Waals surface area contributed by atoms with E-state index in [1.165, 1.54) is 7.11 Å². The van der Waals surface area contributed by atoms with Crippen molar-refractivity contribution < 1.29 is 14.3 Å². The molecule has 1 aromatic heterocycles. The monoisotopic (exact) mass is 394 g/mol. The largest absolute Gasteiger partial charge is 0.375 e. The number of rotatable bonds is 8. The molecule has 0 saturated heterocycles. The zero-order valence-corrected chi connectivity index (χ0v) is 17.0. The van der Waals surface area contributed by atoms with Crippen molar-refractivity contribution >= 4 is 28.5 Å². The number of hydrogen-bond acceptors (Lipinski definition) is 4. The standard InChI is InChI=1S/C22H26N4O3/c1-4-25(17-10-6-5-7-11-17)21(28)14-26-19-13-9-8-12-18(19)24-22(26)16(2)23-20(27)15-29-3/h5-13,16H,4,14-15H2,1-3H3,(H,23,27). The van der Waals surface area contributed by atoms with Crippen LogP contribution in [0.25, 0.3) is 11.0 Å². The minimum absolute atomic E-state index is 0.0267. The molecule has 1 heterocycles. The third kappa shape index (κ3) is 4.63. The number of hydrogen-bond donors (Lipinski definition) is 1. The van der Waals surface area contributed by atoms with Crippen LogP contribution in [0.15, 0.2) is 54.6 Å². The zero-order valence-electron chi connectivity index (χ0n) is 17.0. The van der Waals surface area contributed by atoms with Gasteiger partial charge in [-0.25, -0.2) is 4.98 Å². The van der Waals surface area contributed by atoms with Gasteiger partial charge in [0.05, 0.1) is 17.1 Å². The van der Waals surface area contributed by atoms with Crippen molar-refractivity contribution in [2.75, 3.05) is 25.2 Å². The first-order valence-electron chi connectivity index (χ1n) is 9.64. The molecule has 0 aliphatic carbocycles. The molecule has 1 atom stereocenters. The molecule has 0 aliphatic rings. The molecule has 3 rings (SSSR count). The highest BCUT2D eigenvalue weighted by molar-refractivity contribution is 5.94. The number of aromatic nitrogens is 2. The lowest BCUT2D eigenvalue weighted by Crippen LogP contribution is -2.35. The van der Waals surface area contributed by atoms with Crippen LogP contribution < -0.4 is 10.2 Å². The number of benzene rings is 2. The Bertz CT molecular complexity index is 984. The smallest absolute Gasteiger partial charge is 0.246 e. The van der Waals surface area contributed by atoms with Crippen LogP contribution in [0.1, 0.15) is 25.7 Å². The first-order chi connectivity index (χ1) is 14.0. The summed E-state index contributed by atoms with van der Waals surface area (Å²) in [6.07, 6.45) is 0. The van der Waals surface area contributed by atoms with Crippen LogP contribution >= 0.6 is 0 Å². The summed E-state index contributed by atoms with van der Waals surface area (Å²) < 4.78 is 6.77. The third-order valence-corrected chi connectivity index (χ3v) is 4.70. The highest BCUT2D eigenvalue weighted by Crippen LogP contribution is 2.22. The molecular weight excluding hydrogens is 368 g/mol. The molecule has 0 radical (unpaired) electrons. The molecule has 2 aromatic carbocycles. The van der Waals surface area contributed by atoms with E-state index in [4.69, 9.17) is 4.74 Å². The van der Waals surface area contributed by atoms with E-state index in [1.54, 1.807) is 4.90 Å². The van der Waals surface area contributed by atoms with Crippen LogP contribution in [-0.4, -0.2) is 41.6 Å². The second-order valence-corrected chi connectivity index (χ2v) is 6.74. The van der Waals surface area contributed by atoms with E-state index in [1.807, 2.05) is 73.0 Å². The van der Waals surface area contributed by atoms with Gasteiger partial charge in [-0.05, 0) is 38.1 Å². The van der Waals surface area contributed by atoms with Gasteiger partial charge in [-0.15, -0.1) is 0 Å². The van der Waals surface area contributed by atoms with Crippen LogP contribution in [0, 0.1) is 0 Å². The summed E-state index contributed by atoms with van der Waals surface area (Å²) in [6.45, 7) is 4.46. The van der Waals surface area contributed by atoms with Gasteiger partial charge in [0.1, 0.15) is 19.0 Å². The normalized spacial score (nSPS) is 12.0. The molecule has 0 spiro atoms. The lowest BCUT2D eigenvalue weighted by Gasteiger charge is -2.23. The first kappa shape index (κ1) is 20.5. The highest BCUT2D eigenvalue weighted by Gasteiger charge is 2.22. The number of amides is 2. The van der Waals surface area contributed by atoms with Gasteiger partial charge in [0, 0.05) is 19.3 Å². The Hall–Kier alpha value is -3.19. The number of likely N-dealkylation sites (N-methyl/N-ethyl adjacent to an activating group) is 1. The molecule has 1 N–H and O–H groups in total. The van der Waals surface area contributed by atoms with Crippen LogP contribution in [0.4, 0.5) is 5.69 Å². The van der Waals surface area contributed by atoms with Crippen molar-refractivity contribution in [2.24, 2.45) is 0 Å². The van der Waals surface area contributed by atoms with Gasteiger partial charge < -0.3 is 19.5 Å². The molecule has 152 valence electrons. The fraction of sp³-hybridized carbons (Fsp3) is 0.318. The topological polar surface area (TPSA) is 76.5 Å². The summed E-state index contributed by atoms with van der Waals surface area (Å²) in [5.74, 6) is 0.357. The summed E-state index contributed by atoms with van der Waals surface area (Å²) in [5, 5.41) is 2.87. The van der Waals surface area contributed by atoms with Crippen molar-refractivity contribution in [3.63, 3.8) is 0 Å². The summed E-state index contributed by atoms with van der Waals surface area (Å²) in [4.78, 5) is 31.5. The quantitative estimate of drug-likeness (QED) is 0.637. The molecular formula is C22H26N4O3. The molecule has 0 fully saturated rings. The Balaban J connectivity index is 1.93. The van der Waals surface area contributed by atoms with Gasteiger partial charge in [0.25, 0.3) is 0 Å². The Kier molecular flexibility index (Phi) is 6.61. The summed E-state index contributed by atoms with van der Waals surface area (Å²) in [6, 6.07) is 16.9. The minimum Gasteiger partial charge on any atom is -0.375 e. The average Bonchev–Trinajstić information content (AvgIpc) is 3.08. The van der Waals surface area contributed by atoms with Crippen LogP contribution in [-0.2, 0) is 20.9 Å². The molecule has 0 saturated carbocycles. The van der Waals surface area contributed by atoms with E-state index >= 15 is 0 Å². The summed E-state index contributed by atoms with van der Waals surface area (Å²) >= 11 is 0. The molecule has 0 aliphatic heterocycles. The maximum Gasteiger partial charge on any atom is 0.246 e. The summed E-state index contributed by atoms with van der Waals surface area (Å²) in [7, 11) is 1.47. The van der Waals surface area contributed by atoms with E-state index in [-0.39, 0.29) is 31.0 Å². The number of carbonyl (C=O) groups excluding carboxylic acids is 2. The number of carbonyl (C=O) groups is 2. The van der Waals surface area contributed by atoms with Gasteiger partial charge in [-0.3, -0.25) is 9.59 Å². The van der Waals surface area contributed by atoms with E-state index < -0.39 is 0 Å². The predicted molar refractivity (Wildman–Crippen MR) is 113 cm³/mol. The van der Waals surface area contributed by atoms with Crippen molar-refractivity contribution in [2.45, 2.75) is 26.4 Å². The number of fused-ring (bicyclic) bond motifs is 1. The fourth-order valence-corrected chi connectivity index (χ4v) is 3.40. The predicted octanol–water partition coefficient (Wildman–Crippen LogP) is 2.91. The molecule has 7 heteroatoms. The van der Waals surface area contributed by atoms with Gasteiger partial charge in [-0.1, -0.05) is 30.3 Å². The number of nitrogens with one attached hydrogen (secondary N) is 1. The maximum atomic E-state index is 13.2. The molecule has 7 nitrogen and oxygen atoms in total. The molecule has 1 unspecified atom stereocenters. The van der Waals surface area contributed by atoms with Crippen molar-refractivity contribution in [3.05, 3.63) is 60.4 Å². The lowest BCUT2D eigenvalue weighted by atomic mass is 10.2. The van der Waals surface area contributed by atoms with E-state index in [0.29, 0.717) is 12.4 Å². The fourth-order valence-electron chi connectivity index (χ4n) is 3.40. The molecule has 0 bridgehead atoms. The molecule has 3 aromatic rings. The van der Waals surface area contributed by atoms with Crippen LogP contribution in [0.2, 0.25) is 0 Å². The minimum atomic E-state index is -0.371. The van der Waals surface area contributed by atoms with Gasteiger partial charge in [0.2, 0.25) is 11.8 Å². The number of methoxy groups -OCH3 is 1. The van der Waals surface area contributed by atoms with Crippen LogP contribution in [0.5, 0.6) is 0 Å². The van der Waals surface area contributed by atoms with E-state index in [0.717, 1.165) is 16.7 Å². The van der Waals surface area contributed by atoms with Crippen LogP contribution in [0.3, 0.4) is 0 Å². The Morgan fingerprint density at radius 3 is 2.52 bits per heavy atom. The van der Waals surface area contributed by atoms with Crippen molar-refractivity contribution in [1.82, 2.24) is 14.9 Å². The second kappa shape index (κ2) is 9.34. The number of anilines is 1. The number of para-hydroxylation sites is 3. The third-order valence-electron chi connectivity index (χ3n) is 4.70. The SMILES string of the molecule is CCN(C(=O)Cn1c(C(C)NC(=O)COC)nc2ccccc21)c1ccccc1. The molecule has 2 amide bonds. The first-order valence-corrected chi connectivity index (χ1v) is 9.64.